The van der Waals surface area contributed by atoms with E-state index in [1.807, 2.05) is 12.3 Å². The van der Waals surface area contributed by atoms with Crippen LogP contribution in [0.4, 0.5) is 0 Å². The first-order valence-corrected chi connectivity index (χ1v) is 6.52. The van der Waals surface area contributed by atoms with Crippen molar-refractivity contribution in [1.82, 2.24) is 15.1 Å². The quantitative estimate of drug-likeness (QED) is 0.839. The molecule has 2 heterocycles. The Bertz CT molecular complexity index is 497. The summed E-state index contributed by atoms with van der Waals surface area (Å²) in [5.41, 5.74) is 6.83. The Morgan fingerprint density at radius 2 is 2.33 bits per heavy atom. The lowest BCUT2D eigenvalue weighted by Gasteiger charge is -2.05. The maximum absolute atomic E-state index is 5.82. The van der Waals surface area contributed by atoms with E-state index in [1.54, 1.807) is 18.4 Å². The molecule has 0 bridgehead atoms. The normalized spacial score (nSPS) is 12.8. The lowest BCUT2D eigenvalue weighted by Crippen LogP contribution is -2.28. The van der Waals surface area contributed by atoms with E-state index in [0.717, 1.165) is 10.7 Å². The van der Waals surface area contributed by atoms with Crippen molar-refractivity contribution in [1.29, 1.82) is 0 Å². The molecule has 2 N–H and O–H groups in total. The minimum atomic E-state index is -0.120. The molecule has 0 saturated heterocycles. The minimum absolute atomic E-state index is 0.120. The standard InChI is InChI=1S/C11H16N4O2S/c1-7-6-18-11(13-7)4-9-14-10(17-15-9)3-8(12)5-16-2/h6,8H,3-5,12H2,1-2H3. The summed E-state index contributed by atoms with van der Waals surface area (Å²) in [6, 6.07) is -0.120. The molecule has 1 atom stereocenters. The van der Waals surface area contributed by atoms with Gasteiger partial charge in [0.05, 0.1) is 13.0 Å². The molecule has 7 heteroatoms. The van der Waals surface area contributed by atoms with Gasteiger partial charge in [0.15, 0.2) is 5.82 Å². The van der Waals surface area contributed by atoms with Crippen LogP contribution in [-0.2, 0) is 17.6 Å². The summed E-state index contributed by atoms with van der Waals surface area (Å²) >= 11 is 1.60. The van der Waals surface area contributed by atoms with Crippen molar-refractivity contribution in [3.63, 3.8) is 0 Å². The minimum Gasteiger partial charge on any atom is -0.383 e. The van der Waals surface area contributed by atoms with E-state index < -0.39 is 0 Å². The zero-order chi connectivity index (χ0) is 13.0. The molecule has 2 aromatic heterocycles. The third kappa shape index (κ3) is 3.59. The van der Waals surface area contributed by atoms with Gasteiger partial charge >= 0.3 is 0 Å². The number of nitrogens with zero attached hydrogens (tertiary/aromatic N) is 3. The topological polar surface area (TPSA) is 87.1 Å². The second-order valence-corrected chi connectivity index (χ2v) is 5.03. The Labute approximate surface area is 109 Å². The van der Waals surface area contributed by atoms with Gasteiger partial charge in [-0.15, -0.1) is 11.3 Å². The van der Waals surface area contributed by atoms with Crippen molar-refractivity contribution in [3.8, 4) is 0 Å². The van der Waals surface area contributed by atoms with E-state index in [2.05, 4.69) is 15.1 Å². The van der Waals surface area contributed by atoms with E-state index in [9.17, 15) is 0 Å². The Morgan fingerprint density at radius 1 is 1.50 bits per heavy atom. The first-order chi connectivity index (χ1) is 8.67. The van der Waals surface area contributed by atoms with Gasteiger partial charge in [-0.05, 0) is 6.92 Å². The number of methoxy groups -OCH3 is 1. The number of aromatic nitrogens is 3. The fourth-order valence-corrected chi connectivity index (χ4v) is 2.33. The van der Waals surface area contributed by atoms with Crippen LogP contribution in [-0.4, -0.2) is 34.9 Å². The van der Waals surface area contributed by atoms with Gasteiger partial charge in [0.25, 0.3) is 0 Å². The maximum atomic E-state index is 5.82. The molecule has 2 rings (SSSR count). The Morgan fingerprint density at radius 3 is 3.00 bits per heavy atom. The average Bonchev–Trinajstić information content (AvgIpc) is 2.89. The fraction of sp³-hybridized carbons (Fsp3) is 0.545. The molecule has 6 nitrogen and oxygen atoms in total. The van der Waals surface area contributed by atoms with Gasteiger partial charge < -0.3 is 15.0 Å². The zero-order valence-electron chi connectivity index (χ0n) is 10.4. The second kappa shape index (κ2) is 6.03. The van der Waals surface area contributed by atoms with Crippen molar-refractivity contribution < 1.29 is 9.26 Å². The molecule has 0 aliphatic heterocycles. The van der Waals surface area contributed by atoms with Gasteiger partial charge in [-0.2, -0.15) is 4.98 Å². The van der Waals surface area contributed by atoms with Gasteiger partial charge in [-0.3, -0.25) is 0 Å². The number of ether oxygens (including phenoxy) is 1. The summed E-state index contributed by atoms with van der Waals surface area (Å²) in [6.45, 7) is 2.44. The number of hydrogen-bond acceptors (Lipinski definition) is 7. The van der Waals surface area contributed by atoms with Crippen molar-refractivity contribution in [2.45, 2.75) is 25.8 Å². The van der Waals surface area contributed by atoms with Gasteiger partial charge in [0, 0.05) is 30.6 Å². The highest BCUT2D eigenvalue weighted by Gasteiger charge is 2.12. The van der Waals surface area contributed by atoms with Crippen LogP contribution in [0.15, 0.2) is 9.90 Å². The first-order valence-electron chi connectivity index (χ1n) is 5.64. The number of hydrogen-bond donors (Lipinski definition) is 1. The van der Waals surface area contributed by atoms with Crippen molar-refractivity contribution in [3.05, 3.63) is 27.8 Å². The number of thiazole rings is 1. The molecule has 0 aliphatic carbocycles. The van der Waals surface area contributed by atoms with Crippen LogP contribution in [0.1, 0.15) is 22.4 Å². The van der Waals surface area contributed by atoms with Crippen LogP contribution in [0.3, 0.4) is 0 Å². The molecule has 1 unspecified atom stereocenters. The van der Waals surface area contributed by atoms with E-state index in [0.29, 0.717) is 31.2 Å². The molecular weight excluding hydrogens is 252 g/mol. The van der Waals surface area contributed by atoms with Crippen molar-refractivity contribution in [2.24, 2.45) is 5.73 Å². The van der Waals surface area contributed by atoms with Crippen molar-refractivity contribution >= 4 is 11.3 Å². The fourth-order valence-electron chi connectivity index (χ4n) is 1.56. The molecule has 0 aliphatic rings. The molecule has 0 saturated carbocycles. The zero-order valence-corrected chi connectivity index (χ0v) is 11.2. The van der Waals surface area contributed by atoms with Crippen LogP contribution in [0.2, 0.25) is 0 Å². The molecule has 0 radical (unpaired) electrons. The number of nitrogens with two attached hydrogens (primary N) is 1. The molecular formula is C11H16N4O2S. The van der Waals surface area contributed by atoms with Gasteiger partial charge in [0.2, 0.25) is 5.89 Å². The van der Waals surface area contributed by atoms with Crippen LogP contribution >= 0.6 is 11.3 Å². The summed E-state index contributed by atoms with van der Waals surface area (Å²) < 4.78 is 10.1. The molecule has 2 aromatic rings. The summed E-state index contributed by atoms with van der Waals surface area (Å²) in [4.78, 5) is 8.65. The van der Waals surface area contributed by atoms with Gasteiger partial charge in [-0.1, -0.05) is 5.16 Å². The van der Waals surface area contributed by atoms with Gasteiger partial charge in [0.1, 0.15) is 5.01 Å². The summed E-state index contributed by atoms with van der Waals surface area (Å²) in [5.74, 6) is 1.19. The lowest BCUT2D eigenvalue weighted by molar-refractivity contribution is 0.176. The molecule has 0 spiro atoms. The van der Waals surface area contributed by atoms with Crippen LogP contribution in [0, 0.1) is 6.92 Å². The highest BCUT2D eigenvalue weighted by Crippen LogP contribution is 2.12. The van der Waals surface area contributed by atoms with Gasteiger partial charge in [-0.25, -0.2) is 4.98 Å². The molecule has 98 valence electrons. The van der Waals surface area contributed by atoms with Crippen LogP contribution < -0.4 is 5.73 Å². The molecule has 18 heavy (non-hydrogen) atoms. The number of aryl methyl sites for hydroxylation is 1. The second-order valence-electron chi connectivity index (χ2n) is 4.08. The first kappa shape index (κ1) is 13.1. The summed E-state index contributed by atoms with van der Waals surface area (Å²) in [5, 5.41) is 6.91. The monoisotopic (exact) mass is 268 g/mol. The predicted octanol–water partition coefficient (Wildman–Crippen LogP) is 0.942. The largest absolute Gasteiger partial charge is 0.383 e. The van der Waals surface area contributed by atoms with E-state index in [-0.39, 0.29) is 6.04 Å². The molecule has 0 aromatic carbocycles. The molecule has 0 amide bonds. The van der Waals surface area contributed by atoms with E-state index in [1.165, 1.54) is 0 Å². The van der Waals surface area contributed by atoms with E-state index >= 15 is 0 Å². The highest BCUT2D eigenvalue weighted by atomic mass is 32.1. The maximum Gasteiger partial charge on any atom is 0.228 e. The SMILES string of the molecule is COCC(N)Cc1nc(Cc2nc(C)cs2)no1. The third-order valence-electron chi connectivity index (χ3n) is 2.30. The Balaban J connectivity index is 1.93. The van der Waals surface area contributed by atoms with Crippen LogP contribution in [0.25, 0.3) is 0 Å². The lowest BCUT2D eigenvalue weighted by atomic mass is 10.2. The summed E-state index contributed by atoms with van der Waals surface area (Å²) in [6.07, 6.45) is 1.12. The van der Waals surface area contributed by atoms with E-state index in [4.69, 9.17) is 15.0 Å². The smallest absolute Gasteiger partial charge is 0.228 e. The Kier molecular flexibility index (Phi) is 4.40. The molecule has 0 fully saturated rings. The average molecular weight is 268 g/mol. The predicted molar refractivity (Wildman–Crippen MR) is 67.5 cm³/mol. The van der Waals surface area contributed by atoms with Crippen molar-refractivity contribution in [2.75, 3.05) is 13.7 Å². The third-order valence-corrected chi connectivity index (χ3v) is 3.27. The Hall–Kier alpha value is -1.31. The number of rotatable bonds is 6. The summed E-state index contributed by atoms with van der Waals surface area (Å²) in [7, 11) is 1.61. The highest BCUT2D eigenvalue weighted by molar-refractivity contribution is 7.09. The van der Waals surface area contributed by atoms with Crippen LogP contribution in [0.5, 0.6) is 0 Å².